The Balaban J connectivity index is 2.57. The molecule has 1 aliphatic rings. The summed E-state index contributed by atoms with van der Waals surface area (Å²) in [4.78, 5) is 13.8. The van der Waals surface area contributed by atoms with Gasteiger partial charge in [0.2, 0.25) is 5.91 Å². The molecule has 1 aliphatic heterocycles. The third-order valence-corrected chi connectivity index (χ3v) is 3.74. The van der Waals surface area contributed by atoms with Gasteiger partial charge in [-0.05, 0) is 24.2 Å². The third kappa shape index (κ3) is 3.78. The molecule has 88 valence electrons. The Morgan fingerprint density at radius 3 is 2.60 bits per heavy atom. The summed E-state index contributed by atoms with van der Waals surface area (Å²) < 4.78 is 0. The summed E-state index contributed by atoms with van der Waals surface area (Å²) in [7, 11) is 0. The molecule has 0 aromatic rings. The van der Waals surface area contributed by atoms with Crippen LogP contribution in [0.3, 0.4) is 0 Å². The minimum atomic E-state index is 0.334. The molecule has 0 N–H and O–H groups in total. The van der Waals surface area contributed by atoms with Crippen LogP contribution in [0.4, 0.5) is 0 Å². The van der Waals surface area contributed by atoms with Crippen LogP contribution in [0.15, 0.2) is 0 Å². The second-order valence-electron chi connectivity index (χ2n) is 5.46. The predicted molar refractivity (Wildman–Crippen MR) is 67.2 cm³/mol. The first-order valence-electron chi connectivity index (χ1n) is 5.79. The van der Waals surface area contributed by atoms with Gasteiger partial charge in [-0.2, -0.15) is 0 Å². The number of nitrogens with zero attached hydrogens (tertiary/aromatic N) is 1. The molecular weight excluding hydrogens is 254 g/mol. The summed E-state index contributed by atoms with van der Waals surface area (Å²) in [6.45, 7) is 8.63. The maximum atomic E-state index is 11.8. The van der Waals surface area contributed by atoms with E-state index in [-0.39, 0.29) is 0 Å². The Labute approximate surface area is 102 Å². The van der Waals surface area contributed by atoms with Crippen molar-refractivity contribution in [2.24, 2.45) is 11.3 Å². The fraction of sp³-hybridized carbons (Fsp3) is 0.917. The lowest BCUT2D eigenvalue weighted by Crippen LogP contribution is -2.32. The fourth-order valence-corrected chi connectivity index (χ4v) is 2.67. The number of carbonyl (C=O) groups excluding carboxylic acids is 1. The van der Waals surface area contributed by atoms with Crippen LogP contribution in [-0.4, -0.2) is 29.2 Å². The lowest BCUT2D eigenvalue weighted by atomic mass is 9.77. The van der Waals surface area contributed by atoms with Crippen molar-refractivity contribution in [3.8, 4) is 0 Å². The molecule has 0 aromatic carbocycles. The highest BCUT2D eigenvalue weighted by Crippen LogP contribution is 2.34. The maximum Gasteiger partial charge on any atom is 0.222 e. The van der Waals surface area contributed by atoms with E-state index >= 15 is 0 Å². The topological polar surface area (TPSA) is 20.3 Å². The molecule has 1 atom stereocenters. The van der Waals surface area contributed by atoms with Gasteiger partial charge in [0, 0.05) is 24.8 Å². The van der Waals surface area contributed by atoms with E-state index in [2.05, 4.69) is 36.7 Å². The van der Waals surface area contributed by atoms with Crippen LogP contribution in [0.2, 0.25) is 0 Å². The normalized spacial score (nSPS) is 24.1. The average Bonchev–Trinajstić information content (AvgIpc) is 2.29. The van der Waals surface area contributed by atoms with Gasteiger partial charge in [-0.1, -0.05) is 36.7 Å². The van der Waals surface area contributed by atoms with Crippen LogP contribution in [0.1, 0.15) is 40.0 Å². The van der Waals surface area contributed by atoms with E-state index in [1.54, 1.807) is 0 Å². The van der Waals surface area contributed by atoms with Crippen LogP contribution < -0.4 is 0 Å². The quantitative estimate of drug-likeness (QED) is 0.710. The Bertz CT molecular complexity index is 222. The van der Waals surface area contributed by atoms with Gasteiger partial charge in [0.15, 0.2) is 0 Å². The molecule has 1 saturated heterocycles. The number of rotatable bonds is 2. The molecule has 0 aliphatic carbocycles. The van der Waals surface area contributed by atoms with E-state index in [0.717, 1.165) is 37.7 Å². The van der Waals surface area contributed by atoms with E-state index in [0.29, 0.717) is 17.2 Å². The van der Waals surface area contributed by atoms with Crippen molar-refractivity contribution in [3.05, 3.63) is 0 Å². The maximum absolute atomic E-state index is 11.8. The number of halogens is 1. The number of alkyl halides is 1. The van der Waals surface area contributed by atoms with Gasteiger partial charge in [0.25, 0.3) is 0 Å². The summed E-state index contributed by atoms with van der Waals surface area (Å²) in [5.41, 5.74) is 0.338. The lowest BCUT2D eigenvalue weighted by Gasteiger charge is -2.29. The highest BCUT2D eigenvalue weighted by molar-refractivity contribution is 9.09. The van der Waals surface area contributed by atoms with Gasteiger partial charge in [0.05, 0.1) is 0 Å². The van der Waals surface area contributed by atoms with Crippen LogP contribution in [0, 0.1) is 11.3 Å². The van der Waals surface area contributed by atoms with E-state index in [1.807, 2.05) is 4.90 Å². The summed E-state index contributed by atoms with van der Waals surface area (Å²) in [6, 6.07) is 0. The summed E-state index contributed by atoms with van der Waals surface area (Å²) in [5, 5.41) is 0.888. The minimum Gasteiger partial charge on any atom is -0.342 e. The Morgan fingerprint density at radius 2 is 2.07 bits per heavy atom. The van der Waals surface area contributed by atoms with Gasteiger partial charge in [-0.3, -0.25) is 4.79 Å². The highest BCUT2D eigenvalue weighted by atomic mass is 79.9. The van der Waals surface area contributed by atoms with Crippen LogP contribution >= 0.6 is 15.9 Å². The second-order valence-corrected chi connectivity index (χ2v) is 6.25. The Morgan fingerprint density at radius 1 is 1.40 bits per heavy atom. The van der Waals surface area contributed by atoms with Gasteiger partial charge in [0.1, 0.15) is 0 Å². The monoisotopic (exact) mass is 275 g/mol. The molecular formula is C12H22BrNO. The number of hydrogen-bond donors (Lipinski definition) is 0. The number of amides is 1. The Hall–Kier alpha value is -0.0500. The first-order chi connectivity index (χ1) is 6.95. The van der Waals surface area contributed by atoms with E-state index in [1.165, 1.54) is 0 Å². The van der Waals surface area contributed by atoms with Gasteiger partial charge >= 0.3 is 0 Å². The zero-order chi connectivity index (χ0) is 11.5. The summed E-state index contributed by atoms with van der Waals surface area (Å²) >= 11 is 3.40. The zero-order valence-electron chi connectivity index (χ0n) is 10.1. The smallest absolute Gasteiger partial charge is 0.222 e. The third-order valence-electron chi connectivity index (χ3n) is 3.39. The van der Waals surface area contributed by atoms with Crippen molar-refractivity contribution >= 4 is 21.8 Å². The minimum absolute atomic E-state index is 0.334. The van der Waals surface area contributed by atoms with Crippen LogP contribution in [-0.2, 0) is 4.79 Å². The SMILES string of the molecule is CC(C)(C)C1CCC(=O)N(CCBr)CC1. The molecule has 15 heavy (non-hydrogen) atoms. The highest BCUT2D eigenvalue weighted by Gasteiger charge is 2.29. The van der Waals surface area contributed by atoms with Crippen LogP contribution in [0.25, 0.3) is 0 Å². The molecule has 1 unspecified atom stereocenters. The lowest BCUT2D eigenvalue weighted by molar-refractivity contribution is -0.130. The van der Waals surface area contributed by atoms with Crippen molar-refractivity contribution in [3.63, 3.8) is 0 Å². The number of carbonyl (C=O) groups is 1. The molecule has 0 radical (unpaired) electrons. The van der Waals surface area contributed by atoms with E-state index in [4.69, 9.17) is 0 Å². The molecule has 3 heteroatoms. The molecule has 0 bridgehead atoms. The second kappa shape index (κ2) is 5.33. The predicted octanol–water partition coefficient (Wildman–Crippen LogP) is 3.06. The van der Waals surface area contributed by atoms with Crippen molar-refractivity contribution in [2.45, 2.75) is 40.0 Å². The fourth-order valence-electron chi connectivity index (χ4n) is 2.24. The largest absolute Gasteiger partial charge is 0.342 e. The molecule has 0 saturated carbocycles. The van der Waals surface area contributed by atoms with Gasteiger partial charge in [-0.15, -0.1) is 0 Å². The Kier molecular flexibility index (Phi) is 4.63. The van der Waals surface area contributed by atoms with Gasteiger partial charge < -0.3 is 4.90 Å². The first-order valence-corrected chi connectivity index (χ1v) is 6.91. The average molecular weight is 276 g/mol. The van der Waals surface area contributed by atoms with Crippen molar-refractivity contribution in [1.29, 1.82) is 0 Å². The molecule has 1 heterocycles. The van der Waals surface area contributed by atoms with Crippen molar-refractivity contribution < 1.29 is 4.79 Å². The molecule has 1 fully saturated rings. The van der Waals surface area contributed by atoms with Crippen molar-refractivity contribution in [2.75, 3.05) is 18.4 Å². The molecule has 1 rings (SSSR count). The number of likely N-dealkylation sites (tertiary alicyclic amines) is 1. The zero-order valence-corrected chi connectivity index (χ0v) is 11.6. The summed E-state index contributed by atoms with van der Waals surface area (Å²) in [5.74, 6) is 1.02. The van der Waals surface area contributed by atoms with E-state index in [9.17, 15) is 4.79 Å². The van der Waals surface area contributed by atoms with Crippen molar-refractivity contribution in [1.82, 2.24) is 4.90 Å². The molecule has 0 aromatic heterocycles. The molecule has 0 spiro atoms. The molecule has 2 nitrogen and oxygen atoms in total. The molecule has 1 amide bonds. The van der Waals surface area contributed by atoms with E-state index < -0.39 is 0 Å². The number of hydrogen-bond acceptors (Lipinski definition) is 1. The standard InChI is InChI=1S/C12H22BrNO/c1-12(2,3)10-4-5-11(15)14(8-6-10)9-7-13/h10H,4-9H2,1-3H3. The summed E-state index contributed by atoms with van der Waals surface area (Å²) in [6.07, 6.45) is 2.94. The van der Waals surface area contributed by atoms with Crippen LogP contribution in [0.5, 0.6) is 0 Å². The van der Waals surface area contributed by atoms with Gasteiger partial charge in [-0.25, -0.2) is 0 Å². The first kappa shape index (κ1) is 13.0.